The van der Waals surface area contributed by atoms with Gasteiger partial charge in [-0.3, -0.25) is 0 Å². The summed E-state index contributed by atoms with van der Waals surface area (Å²) in [6.45, 7) is 0. The molecule has 0 amide bonds. The van der Waals surface area contributed by atoms with E-state index in [1.165, 1.54) is 6.33 Å². The van der Waals surface area contributed by atoms with Crippen LogP contribution in [0.5, 0.6) is 11.6 Å². The highest BCUT2D eigenvalue weighted by molar-refractivity contribution is 9.11. The van der Waals surface area contributed by atoms with Crippen molar-refractivity contribution in [2.75, 3.05) is 5.43 Å². The van der Waals surface area contributed by atoms with Crippen LogP contribution in [-0.2, 0) is 0 Å². The predicted octanol–water partition coefficient (Wildman–Crippen LogP) is 4.23. The Hall–Kier alpha value is -1.70. The molecule has 106 valence electrons. The summed E-state index contributed by atoms with van der Waals surface area (Å²) in [5, 5.41) is 2.21. The zero-order valence-electron chi connectivity index (χ0n) is 10.7. The van der Waals surface area contributed by atoms with Crippen LogP contribution in [0.2, 0.25) is 0 Å². The van der Waals surface area contributed by atoms with E-state index in [1.807, 2.05) is 30.3 Å². The van der Waals surface area contributed by atoms with Crippen LogP contribution in [0.3, 0.4) is 0 Å². The average Bonchev–Trinajstić information content (AvgIpc) is 2.49. The second-order valence-electron chi connectivity index (χ2n) is 4.24. The van der Waals surface area contributed by atoms with E-state index < -0.39 is 0 Å². The first-order valence-electron chi connectivity index (χ1n) is 6.01. The number of fused-ring (bicyclic) bond motifs is 1. The minimum absolute atomic E-state index is 0.398. The highest BCUT2D eigenvalue weighted by Crippen LogP contribution is 2.32. The van der Waals surface area contributed by atoms with Crippen molar-refractivity contribution in [1.29, 1.82) is 0 Å². The number of hydrazine groups is 1. The number of benzene rings is 2. The third-order valence-electron chi connectivity index (χ3n) is 2.88. The van der Waals surface area contributed by atoms with Crippen molar-refractivity contribution in [3.63, 3.8) is 0 Å². The van der Waals surface area contributed by atoms with Crippen molar-refractivity contribution in [3.05, 3.63) is 51.7 Å². The molecule has 2 aromatic carbocycles. The lowest BCUT2D eigenvalue weighted by molar-refractivity contribution is 0.459. The molecule has 0 saturated heterocycles. The summed E-state index contributed by atoms with van der Waals surface area (Å²) in [5.74, 6) is 6.92. The van der Waals surface area contributed by atoms with Crippen molar-refractivity contribution in [2.24, 2.45) is 5.84 Å². The number of aromatic nitrogens is 2. The highest BCUT2D eigenvalue weighted by Gasteiger charge is 2.10. The lowest BCUT2D eigenvalue weighted by Crippen LogP contribution is -2.09. The molecule has 3 N–H and O–H groups in total. The molecule has 5 nitrogen and oxygen atoms in total. The molecule has 0 atom stereocenters. The summed E-state index contributed by atoms with van der Waals surface area (Å²) in [6, 6.07) is 11.9. The molecule has 0 aliphatic carbocycles. The summed E-state index contributed by atoms with van der Waals surface area (Å²) in [5.41, 5.74) is 2.47. The van der Waals surface area contributed by atoms with Gasteiger partial charge in [0.2, 0.25) is 5.88 Å². The quantitative estimate of drug-likeness (QED) is 0.500. The third-order valence-corrected chi connectivity index (χ3v) is 4.09. The van der Waals surface area contributed by atoms with Crippen LogP contribution in [0.15, 0.2) is 51.7 Å². The lowest BCUT2D eigenvalue weighted by Gasteiger charge is -2.09. The van der Waals surface area contributed by atoms with E-state index in [4.69, 9.17) is 10.6 Å². The molecule has 0 unspecified atom stereocenters. The minimum atomic E-state index is 0.398. The molecule has 21 heavy (non-hydrogen) atoms. The second-order valence-corrected chi connectivity index (χ2v) is 5.95. The van der Waals surface area contributed by atoms with Crippen molar-refractivity contribution in [3.8, 4) is 11.6 Å². The fourth-order valence-electron chi connectivity index (χ4n) is 1.90. The molecule has 1 heterocycles. The Kier molecular flexibility index (Phi) is 4.05. The van der Waals surface area contributed by atoms with Crippen LogP contribution in [-0.4, -0.2) is 9.97 Å². The maximum atomic E-state index is 5.78. The Morgan fingerprint density at radius 1 is 1.00 bits per heavy atom. The molecular weight excluding hydrogens is 400 g/mol. The average molecular weight is 410 g/mol. The van der Waals surface area contributed by atoms with Gasteiger partial charge >= 0.3 is 0 Å². The van der Waals surface area contributed by atoms with Crippen molar-refractivity contribution in [2.45, 2.75) is 0 Å². The van der Waals surface area contributed by atoms with Gasteiger partial charge in [-0.1, -0.05) is 28.1 Å². The summed E-state index contributed by atoms with van der Waals surface area (Å²) in [7, 11) is 0. The number of ether oxygens (including phenoxy) is 1. The van der Waals surface area contributed by atoms with Crippen LogP contribution < -0.4 is 16.0 Å². The van der Waals surface area contributed by atoms with Crippen LogP contribution in [0.1, 0.15) is 0 Å². The monoisotopic (exact) mass is 408 g/mol. The first kappa shape index (κ1) is 14.2. The zero-order valence-corrected chi connectivity index (χ0v) is 13.8. The van der Waals surface area contributed by atoms with Gasteiger partial charge in [-0.05, 0) is 51.0 Å². The number of nitrogens with one attached hydrogen (secondary N) is 1. The fraction of sp³-hybridized carbons (Fsp3) is 0. The smallest absolute Gasteiger partial charge is 0.238 e. The Labute approximate surface area is 137 Å². The van der Waals surface area contributed by atoms with Crippen molar-refractivity contribution in [1.82, 2.24) is 9.97 Å². The van der Waals surface area contributed by atoms with E-state index in [1.54, 1.807) is 0 Å². The summed E-state index contributed by atoms with van der Waals surface area (Å²) in [4.78, 5) is 8.07. The molecule has 1 aromatic heterocycles. The number of anilines is 1. The van der Waals surface area contributed by atoms with Gasteiger partial charge in [-0.25, -0.2) is 15.8 Å². The van der Waals surface area contributed by atoms with Crippen LogP contribution in [0.4, 0.5) is 5.82 Å². The van der Waals surface area contributed by atoms with Crippen molar-refractivity contribution >= 4 is 48.5 Å². The molecule has 0 saturated carbocycles. The molecule has 0 aliphatic rings. The minimum Gasteiger partial charge on any atom is -0.438 e. The maximum absolute atomic E-state index is 5.78. The Bertz CT molecular complexity index is 810. The van der Waals surface area contributed by atoms with E-state index in [0.717, 1.165) is 15.2 Å². The standard InChI is InChI=1S/C14H10Br2N4O/c15-10-3-1-9-6-11(4-2-8(9)5-10)21-14-12(16)13(20-17)18-7-19-14/h1-7H,17H2,(H,18,19,20). The number of hydrogen-bond donors (Lipinski definition) is 2. The number of halogens is 2. The fourth-order valence-corrected chi connectivity index (χ4v) is 2.67. The SMILES string of the molecule is NNc1ncnc(Oc2ccc3cc(Br)ccc3c2)c1Br. The topological polar surface area (TPSA) is 73.1 Å². The van der Waals surface area contributed by atoms with E-state index in [0.29, 0.717) is 21.9 Å². The molecule has 7 heteroatoms. The van der Waals surface area contributed by atoms with Gasteiger partial charge < -0.3 is 10.2 Å². The molecule has 0 fully saturated rings. The molecule has 0 aliphatic heterocycles. The van der Waals surface area contributed by atoms with Gasteiger partial charge in [0, 0.05) is 4.47 Å². The number of rotatable bonds is 3. The first-order valence-corrected chi connectivity index (χ1v) is 7.60. The van der Waals surface area contributed by atoms with E-state index in [2.05, 4.69) is 53.3 Å². The van der Waals surface area contributed by atoms with Crippen LogP contribution in [0.25, 0.3) is 10.8 Å². The Balaban J connectivity index is 1.96. The highest BCUT2D eigenvalue weighted by atomic mass is 79.9. The maximum Gasteiger partial charge on any atom is 0.238 e. The predicted molar refractivity (Wildman–Crippen MR) is 89.3 cm³/mol. The van der Waals surface area contributed by atoms with Gasteiger partial charge in [-0.15, -0.1) is 0 Å². The van der Waals surface area contributed by atoms with Gasteiger partial charge in [0.1, 0.15) is 16.5 Å². The Morgan fingerprint density at radius 2 is 1.76 bits per heavy atom. The first-order chi connectivity index (χ1) is 10.2. The van der Waals surface area contributed by atoms with Crippen LogP contribution >= 0.6 is 31.9 Å². The lowest BCUT2D eigenvalue weighted by atomic mass is 10.1. The second kappa shape index (κ2) is 5.97. The van der Waals surface area contributed by atoms with E-state index in [9.17, 15) is 0 Å². The molecule has 0 radical (unpaired) electrons. The number of nitrogen functional groups attached to an aromatic ring is 1. The molecule has 3 aromatic rings. The molecule has 3 rings (SSSR count). The zero-order chi connectivity index (χ0) is 14.8. The molecule has 0 bridgehead atoms. The van der Waals surface area contributed by atoms with E-state index >= 15 is 0 Å². The van der Waals surface area contributed by atoms with Gasteiger partial charge in [0.25, 0.3) is 0 Å². The normalized spacial score (nSPS) is 10.6. The van der Waals surface area contributed by atoms with Gasteiger partial charge in [-0.2, -0.15) is 0 Å². The van der Waals surface area contributed by atoms with Gasteiger partial charge in [0.15, 0.2) is 5.82 Å². The largest absolute Gasteiger partial charge is 0.438 e. The number of nitrogens with zero attached hydrogens (tertiary/aromatic N) is 2. The number of nitrogens with two attached hydrogens (primary N) is 1. The summed E-state index contributed by atoms with van der Waals surface area (Å²) < 4.78 is 7.40. The molecular formula is C14H10Br2N4O. The summed E-state index contributed by atoms with van der Waals surface area (Å²) in [6.07, 6.45) is 1.38. The molecule has 0 spiro atoms. The van der Waals surface area contributed by atoms with E-state index in [-0.39, 0.29) is 0 Å². The van der Waals surface area contributed by atoms with Crippen molar-refractivity contribution < 1.29 is 4.74 Å². The number of hydrogen-bond acceptors (Lipinski definition) is 5. The van der Waals surface area contributed by atoms with Crippen LogP contribution in [0, 0.1) is 0 Å². The third kappa shape index (κ3) is 2.99. The Morgan fingerprint density at radius 3 is 2.57 bits per heavy atom. The van der Waals surface area contributed by atoms with Gasteiger partial charge in [0.05, 0.1) is 0 Å². The summed E-state index contributed by atoms with van der Waals surface area (Å²) >= 11 is 6.82.